The molecule has 0 aromatic rings. The third kappa shape index (κ3) is 2.89. The van der Waals surface area contributed by atoms with Crippen molar-refractivity contribution in [1.82, 2.24) is 5.32 Å². The summed E-state index contributed by atoms with van der Waals surface area (Å²) >= 11 is 0. The highest BCUT2D eigenvalue weighted by Gasteiger charge is 2.30. The predicted octanol–water partition coefficient (Wildman–Crippen LogP) is 2.56. The lowest BCUT2D eigenvalue weighted by atomic mass is 9.79. The van der Waals surface area contributed by atoms with E-state index in [0.717, 1.165) is 6.42 Å². The van der Waals surface area contributed by atoms with Crippen LogP contribution in [0.15, 0.2) is 0 Å². The Morgan fingerprint density at radius 1 is 1.36 bits per heavy atom. The van der Waals surface area contributed by atoms with Crippen molar-refractivity contribution in [2.24, 2.45) is 11.8 Å². The predicted molar refractivity (Wildman–Crippen MR) is 56.1 cm³/mol. The average Bonchev–Trinajstić information content (AvgIpc) is 2.18. The molecule has 1 rings (SSSR count). The fourth-order valence-electron chi connectivity index (χ4n) is 2.23. The molecule has 1 N–H and O–H groups in total. The number of ether oxygens (including phenoxy) is 1. The van der Waals surface area contributed by atoms with E-state index in [0.29, 0.717) is 11.8 Å². The Morgan fingerprint density at radius 3 is 2.57 bits per heavy atom. The zero-order valence-corrected chi connectivity index (χ0v) is 9.38. The summed E-state index contributed by atoms with van der Waals surface area (Å²) in [6.07, 6.45) is 4.52. The van der Waals surface area contributed by atoms with E-state index in [4.69, 9.17) is 4.74 Å². The van der Waals surface area contributed by atoms with Gasteiger partial charge in [-0.3, -0.25) is 0 Å². The highest BCUT2D eigenvalue weighted by molar-refractivity contribution is 5.66. The van der Waals surface area contributed by atoms with Gasteiger partial charge in [-0.2, -0.15) is 0 Å². The number of alkyl carbamates (subject to hydrolysis) is 1. The second-order valence-electron chi connectivity index (χ2n) is 4.39. The second kappa shape index (κ2) is 5.23. The number of amides is 1. The van der Waals surface area contributed by atoms with E-state index in [-0.39, 0.29) is 12.2 Å². The quantitative estimate of drug-likeness (QED) is 0.742. The van der Waals surface area contributed by atoms with E-state index in [9.17, 15) is 4.79 Å². The summed E-state index contributed by atoms with van der Waals surface area (Å²) in [5.74, 6) is 1.14. The molecule has 14 heavy (non-hydrogen) atoms. The van der Waals surface area contributed by atoms with Crippen LogP contribution in [0.2, 0.25) is 0 Å². The van der Waals surface area contributed by atoms with Crippen molar-refractivity contribution in [2.45, 2.75) is 45.6 Å². The van der Waals surface area contributed by atoms with Crippen LogP contribution >= 0.6 is 0 Å². The van der Waals surface area contributed by atoms with Crippen molar-refractivity contribution < 1.29 is 9.53 Å². The molecule has 2 atom stereocenters. The summed E-state index contributed by atoms with van der Waals surface area (Å²) in [5, 5.41) is 2.51. The number of hydrogen-bond donors (Lipinski definition) is 1. The van der Waals surface area contributed by atoms with Crippen LogP contribution in [0.3, 0.4) is 0 Å². The lowest BCUT2D eigenvalue weighted by Gasteiger charge is -2.33. The molecular formula is C11H21NO2. The maximum atomic E-state index is 11.1. The van der Waals surface area contributed by atoms with Crippen LogP contribution < -0.4 is 5.32 Å². The van der Waals surface area contributed by atoms with Gasteiger partial charge in [0.15, 0.2) is 0 Å². The Morgan fingerprint density at radius 2 is 2.00 bits per heavy atom. The van der Waals surface area contributed by atoms with E-state index in [1.807, 2.05) is 0 Å². The second-order valence-corrected chi connectivity index (χ2v) is 4.39. The molecule has 0 aromatic carbocycles. The maximum absolute atomic E-state index is 11.1. The summed E-state index contributed by atoms with van der Waals surface area (Å²) in [5.41, 5.74) is 0. The van der Waals surface area contributed by atoms with Gasteiger partial charge in [0.25, 0.3) is 0 Å². The van der Waals surface area contributed by atoms with Gasteiger partial charge in [-0.25, -0.2) is 4.79 Å². The van der Waals surface area contributed by atoms with Crippen LogP contribution in [0.25, 0.3) is 0 Å². The van der Waals surface area contributed by atoms with Gasteiger partial charge in [0, 0.05) is 7.05 Å². The van der Waals surface area contributed by atoms with E-state index in [1.54, 1.807) is 7.05 Å². The van der Waals surface area contributed by atoms with Crippen molar-refractivity contribution in [1.29, 1.82) is 0 Å². The fourth-order valence-corrected chi connectivity index (χ4v) is 2.23. The first-order chi connectivity index (χ1) is 6.65. The van der Waals surface area contributed by atoms with Crippen LogP contribution in [-0.4, -0.2) is 19.2 Å². The van der Waals surface area contributed by atoms with Crippen LogP contribution in [0.4, 0.5) is 4.79 Å². The molecule has 0 aromatic heterocycles. The molecule has 0 bridgehead atoms. The van der Waals surface area contributed by atoms with E-state index in [2.05, 4.69) is 19.2 Å². The summed E-state index contributed by atoms with van der Waals surface area (Å²) in [6, 6.07) is 0. The molecular weight excluding hydrogens is 178 g/mol. The van der Waals surface area contributed by atoms with E-state index >= 15 is 0 Å². The minimum atomic E-state index is -0.289. The SMILES string of the molecule is CNC(=O)O[C@H]1CCCCC1C(C)C. The number of carbonyl (C=O) groups is 1. The van der Waals surface area contributed by atoms with Gasteiger partial charge >= 0.3 is 6.09 Å². The van der Waals surface area contributed by atoms with Crippen molar-refractivity contribution in [3.8, 4) is 0 Å². The first-order valence-electron chi connectivity index (χ1n) is 5.53. The molecule has 0 aliphatic heterocycles. The molecule has 1 aliphatic rings. The summed E-state index contributed by atoms with van der Waals surface area (Å²) in [6.45, 7) is 4.41. The molecule has 0 radical (unpaired) electrons. The van der Waals surface area contributed by atoms with Gasteiger partial charge in [0.05, 0.1) is 0 Å². The molecule has 0 heterocycles. The fraction of sp³-hybridized carbons (Fsp3) is 0.909. The van der Waals surface area contributed by atoms with Gasteiger partial charge < -0.3 is 10.1 Å². The molecule has 0 spiro atoms. The smallest absolute Gasteiger partial charge is 0.407 e. The zero-order chi connectivity index (χ0) is 10.6. The van der Waals surface area contributed by atoms with Crippen LogP contribution in [0.5, 0.6) is 0 Å². The standard InChI is InChI=1S/C11H21NO2/c1-8(2)9-6-4-5-7-10(9)14-11(13)12-3/h8-10H,4-7H2,1-3H3,(H,12,13)/t9?,10-/m0/s1. The molecule has 1 amide bonds. The van der Waals surface area contributed by atoms with Gasteiger partial charge in [-0.15, -0.1) is 0 Å². The first kappa shape index (κ1) is 11.3. The Bertz CT molecular complexity index is 192. The number of rotatable bonds is 2. The van der Waals surface area contributed by atoms with Crippen molar-refractivity contribution >= 4 is 6.09 Å². The van der Waals surface area contributed by atoms with Crippen molar-refractivity contribution in [3.05, 3.63) is 0 Å². The molecule has 0 saturated heterocycles. The van der Waals surface area contributed by atoms with Crippen LogP contribution in [-0.2, 0) is 4.74 Å². The van der Waals surface area contributed by atoms with Crippen molar-refractivity contribution in [3.63, 3.8) is 0 Å². The highest BCUT2D eigenvalue weighted by Crippen LogP contribution is 2.32. The molecule has 1 aliphatic carbocycles. The van der Waals surface area contributed by atoms with Gasteiger partial charge in [-0.05, 0) is 31.1 Å². The van der Waals surface area contributed by atoms with E-state index < -0.39 is 0 Å². The van der Waals surface area contributed by atoms with Crippen molar-refractivity contribution in [2.75, 3.05) is 7.05 Å². The van der Waals surface area contributed by atoms with E-state index in [1.165, 1.54) is 19.3 Å². The first-order valence-corrected chi connectivity index (χ1v) is 5.53. The highest BCUT2D eigenvalue weighted by atomic mass is 16.6. The maximum Gasteiger partial charge on any atom is 0.407 e. The monoisotopic (exact) mass is 199 g/mol. The molecule has 3 nitrogen and oxygen atoms in total. The minimum Gasteiger partial charge on any atom is -0.446 e. The minimum absolute atomic E-state index is 0.128. The number of carbonyl (C=O) groups excluding carboxylic acids is 1. The number of nitrogens with one attached hydrogen (secondary N) is 1. The topological polar surface area (TPSA) is 38.3 Å². The van der Waals surface area contributed by atoms with Crippen LogP contribution in [0.1, 0.15) is 39.5 Å². The Hall–Kier alpha value is -0.730. The normalized spacial score (nSPS) is 27.4. The molecule has 82 valence electrons. The van der Waals surface area contributed by atoms with Gasteiger partial charge in [-0.1, -0.05) is 20.3 Å². The van der Waals surface area contributed by atoms with Gasteiger partial charge in [0.2, 0.25) is 0 Å². The van der Waals surface area contributed by atoms with Gasteiger partial charge in [0.1, 0.15) is 6.10 Å². The average molecular weight is 199 g/mol. The molecule has 1 saturated carbocycles. The number of hydrogen-bond acceptors (Lipinski definition) is 2. The molecule has 1 unspecified atom stereocenters. The van der Waals surface area contributed by atoms with Crippen LogP contribution in [0, 0.1) is 11.8 Å². The third-order valence-electron chi connectivity index (χ3n) is 3.07. The molecule has 1 fully saturated rings. The Labute approximate surface area is 86.2 Å². The third-order valence-corrected chi connectivity index (χ3v) is 3.07. The summed E-state index contributed by atoms with van der Waals surface area (Å²) < 4.78 is 5.36. The Balaban J connectivity index is 2.49. The lowest BCUT2D eigenvalue weighted by molar-refractivity contribution is 0.0214. The Kier molecular flexibility index (Phi) is 4.23. The summed E-state index contributed by atoms with van der Waals surface area (Å²) in [7, 11) is 1.61. The summed E-state index contributed by atoms with van der Waals surface area (Å²) in [4.78, 5) is 11.1. The zero-order valence-electron chi connectivity index (χ0n) is 9.38. The largest absolute Gasteiger partial charge is 0.446 e. The lowest BCUT2D eigenvalue weighted by Crippen LogP contribution is -2.35. The molecule has 3 heteroatoms.